The van der Waals surface area contributed by atoms with E-state index in [0.717, 1.165) is 32.8 Å². The molecule has 1 aromatic carbocycles. The van der Waals surface area contributed by atoms with Crippen molar-refractivity contribution in [3.63, 3.8) is 0 Å². The molecule has 3 nitrogen and oxygen atoms in total. The van der Waals surface area contributed by atoms with Crippen molar-refractivity contribution in [3.05, 3.63) is 45.2 Å². The van der Waals surface area contributed by atoms with Crippen LogP contribution in [0.25, 0.3) is 21.3 Å². The predicted molar refractivity (Wildman–Crippen MR) is 99.2 cm³/mol. The third-order valence-electron chi connectivity index (χ3n) is 3.36. The molecular weight excluding hydrogens is 407 g/mol. The molecule has 0 unspecified atom stereocenters. The summed E-state index contributed by atoms with van der Waals surface area (Å²) in [7, 11) is 0. The van der Waals surface area contributed by atoms with Crippen molar-refractivity contribution < 1.29 is 4.79 Å². The molecule has 0 amide bonds. The number of aromatic nitrogens is 2. The van der Waals surface area contributed by atoms with E-state index in [2.05, 4.69) is 44.7 Å². The van der Waals surface area contributed by atoms with Crippen molar-refractivity contribution in [1.82, 2.24) is 9.97 Å². The molecule has 0 saturated carbocycles. The Morgan fingerprint density at radius 3 is 2.91 bits per heavy atom. The topological polar surface area (TPSA) is 42.9 Å². The highest BCUT2D eigenvalue weighted by Gasteiger charge is 2.12. The minimum Gasteiger partial charge on any atom is -0.299 e. The van der Waals surface area contributed by atoms with Crippen LogP contribution in [-0.2, 0) is 11.2 Å². The third kappa shape index (κ3) is 3.35. The first-order chi connectivity index (χ1) is 10.7. The summed E-state index contributed by atoms with van der Waals surface area (Å²) in [5.74, 6) is 0.268. The first kappa shape index (κ1) is 15.6. The van der Waals surface area contributed by atoms with Gasteiger partial charge in [-0.15, -0.1) is 11.3 Å². The summed E-state index contributed by atoms with van der Waals surface area (Å²) in [6.45, 7) is 2.03. The Morgan fingerprint density at radius 2 is 2.18 bits per heavy atom. The second-order valence-corrected chi connectivity index (χ2v) is 7.37. The molecule has 0 atom stereocenters. The maximum absolute atomic E-state index is 11.8. The molecule has 0 spiro atoms. The number of carbonyl (C=O) groups excluding carboxylic acids is 1. The normalized spacial score (nSPS) is 11.0. The van der Waals surface area contributed by atoms with Crippen LogP contribution >= 0.6 is 33.9 Å². The van der Waals surface area contributed by atoms with Gasteiger partial charge in [0.2, 0.25) is 0 Å². The number of Topliss-reactive ketones (excluding diaryl/α,β-unsaturated/α-hetero) is 1. The van der Waals surface area contributed by atoms with Gasteiger partial charge in [0.05, 0.1) is 16.6 Å². The highest BCUT2D eigenvalue weighted by Crippen LogP contribution is 2.32. The second kappa shape index (κ2) is 6.83. The maximum Gasteiger partial charge on any atom is 0.139 e. The monoisotopic (exact) mass is 422 g/mol. The average Bonchev–Trinajstić information content (AvgIpc) is 2.91. The number of hydrogen-bond donors (Lipinski definition) is 0. The molecule has 0 aliphatic carbocycles. The van der Waals surface area contributed by atoms with E-state index in [1.165, 1.54) is 3.57 Å². The number of ketones is 1. The highest BCUT2D eigenvalue weighted by molar-refractivity contribution is 14.1. The Balaban J connectivity index is 1.98. The fourth-order valence-corrected chi connectivity index (χ4v) is 4.27. The van der Waals surface area contributed by atoms with Crippen LogP contribution in [0.2, 0.25) is 0 Å². The largest absolute Gasteiger partial charge is 0.299 e. The van der Waals surface area contributed by atoms with Crippen LogP contribution in [0, 0.1) is 3.57 Å². The summed E-state index contributed by atoms with van der Waals surface area (Å²) in [4.78, 5) is 20.6. The van der Waals surface area contributed by atoms with Gasteiger partial charge in [-0.25, -0.2) is 4.98 Å². The first-order valence-electron chi connectivity index (χ1n) is 7.18. The van der Waals surface area contributed by atoms with Crippen molar-refractivity contribution in [2.75, 3.05) is 0 Å². The van der Waals surface area contributed by atoms with Crippen LogP contribution in [0.1, 0.15) is 24.8 Å². The number of pyridine rings is 1. The Labute approximate surface area is 146 Å². The number of nitrogens with zero attached hydrogens (tertiary/aromatic N) is 2. The number of benzene rings is 1. The fraction of sp³-hybridized carbons (Fsp3) is 0.235. The molecular formula is C17H15IN2OS. The van der Waals surface area contributed by atoms with E-state index in [-0.39, 0.29) is 5.78 Å². The molecule has 5 heteroatoms. The molecule has 0 aliphatic rings. The zero-order chi connectivity index (χ0) is 15.5. The molecule has 2 heterocycles. The van der Waals surface area contributed by atoms with E-state index in [9.17, 15) is 4.79 Å². The summed E-state index contributed by atoms with van der Waals surface area (Å²) < 4.78 is 2.33. The fourth-order valence-electron chi connectivity index (χ4n) is 2.35. The van der Waals surface area contributed by atoms with E-state index in [4.69, 9.17) is 0 Å². The minimum absolute atomic E-state index is 0.268. The first-order valence-corrected chi connectivity index (χ1v) is 9.08. The maximum atomic E-state index is 11.8. The Kier molecular flexibility index (Phi) is 4.83. The molecule has 3 rings (SSSR count). The molecule has 3 aromatic rings. The van der Waals surface area contributed by atoms with Gasteiger partial charge in [-0.3, -0.25) is 9.78 Å². The van der Waals surface area contributed by atoms with Crippen LogP contribution in [-0.4, -0.2) is 15.8 Å². The SMILES string of the molecule is CCCC(=O)Cc1nc2cc(-c3cccnc3)cc(I)c2s1. The van der Waals surface area contributed by atoms with Gasteiger partial charge >= 0.3 is 0 Å². The summed E-state index contributed by atoms with van der Waals surface area (Å²) in [5, 5.41) is 0.912. The van der Waals surface area contributed by atoms with Gasteiger partial charge in [0.15, 0.2) is 0 Å². The van der Waals surface area contributed by atoms with Gasteiger partial charge in [0, 0.05) is 27.9 Å². The summed E-state index contributed by atoms with van der Waals surface area (Å²) in [5.41, 5.74) is 3.16. The minimum atomic E-state index is 0.268. The van der Waals surface area contributed by atoms with Crippen LogP contribution in [0.15, 0.2) is 36.7 Å². The summed E-state index contributed by atoms with van der Waals surface area (Å²) in [6, 6.07) is 8.21. The number of thiazole rings is 1. The molecule has 22 heavy (non-hydrogen) atoms. The zero-order valence-corrected chi connectivity index (χ0v) is 15.1. The van der Waals surface area contributed by atoms with Crippen molar-refractivity contribution >= 4 is 49.9 Å². The van der Waals surface area contributed by atoms with Crippen LogP contribution in [0.4, 0.5) is 0 Å². The van der Waals surface area contributed by atoms with Crippen molar-refractivity contribution in [1.29, 1.82) is 0 Å². The number of carbonyl (C=O) groups is 1. The molecule has 2 aromatic heterocycles. The molecule has 0 aliphatic heterocycles. The second-order valence-electron chi connectivity index (χ2n) is 5.12. The van der Waals surface area contributed by atoms with Gasteiger partial charge in [-0.1, -0.05) is 13.0 Å². The Hall–Kier alpha value is -1.34. The average molecular weight is 422 g/mol. The lowest BCUT2D eigenvalue weighted by Crippen LogP contribution is -2.00. The molecule has 112 valence electrons. The molecule has 0 N–H and O–H groups in total. The lowest BCUT2D eigenvalue weighted by molar-refractivity contribution is -0.118. The van der Waals surface area contributed by atoms with Crippen LogP contribution in [0.3, 0.4) is 0 Å². The van der Waals surface area contributed by atoms with Gasteiger partial charge in [-0.2, -0.15) is 0 Å². The van der Waals surface area contributed by atoms with Crippen molar-refractivity contribution in [3.8, 4) is 11.1 Å². The van der Waals surface area contributed by atoms with E-state index < -0.39 is 0 Å². The standard InChI is InChI=1S/C17H15IN2OS/c1-2-4-13(21)9-16-20-15-8-12(7-14(18)17(15)22-16)11-5-3-6-19-10-11/h3,5-8,10H,2,4,9H2,1H3. The van der Waals surface area contributed by atoms with E-state index in [1.54, 1.807) is 17.5 Å². The van der Waals surface area contributed by atoms with Crippen LogP contribution < -0.4 is 0 Å². The van der Waals surface area contributed by atoms with Crippen molar-refractivity contribution in [2.24, 2.45) is 0 Å². The highest BCUT2D eigenvalue weighted by atomic mass is 127. The molecule has 0 fully saturated rings. The van der Waals surface area contributed by atoms with Gasteiger partial charge in [-0.05, 0) is 52.8 Å². The smallest absolute Gasteiger partial charge is 0.139 e. The Morgan fingerprint density at radius 1 is 1.32 bits per heavy atom. The number of hydrogen-bond acceptors (Lipinski definition) is 4. The molecule has 0 radical (unpaired) electrons. The number of fused-ring (bicyclic) bond motifs is 1. The number of halogens is 1. The van der Waals surface area contributed by atoms with Crippen LogP contribution in [0.5, 0.6) is 0 Å². The van der Waals surface area contributed by atoms with Gasteiger partial charge in [0.25, 0.3) is 0 Å². The Bertz CT molecular complexity index is 814. The third-order valence-corrected chi connectivity index (χ3v) is 5.68. The quantitative estimate of drug-likeness (QED) is 0.551. The van der Waals surface area contributed by atoms with E-state index in [0.29, 0.717) is 12.8 Å². The lowest BCUT2D eigenvalue weighted by atomic mass is 10.1. The lowest BCUT2D eigenvalue weighted by Gasteiger charge is -2.02. The predicted octanol–water partition coefficient (Wildman–Crippen LogP) is 4.87. The van der Waals surface area contributed by atoms with Crippen molar-refractivity contribution in [2.45, 2.75) is 26.2 Å². The van der Waals surface area contributed by atoms with E-state index >= 15 is 0 Å². The number of rotatable bonds is 5. The van der Waals surface area contributed by atoms with Gasteiger partial charge in [0.1, 0.15) is 10.8 Å². The zero-order valence-electron chi connectivity index (χ0n) is 12.2. The molecule has 0 bridgehead atoms. The summed E-state index contributed by atoms with van der Waals surface area (Å²) >= 11 is 3.97. The van der Waals surface area contributed by atoms with Gasteiger partial charge < -0.3 is 0 Å². The molecule has 0 saturated heterocycles. The summed E-state index contributed by atoms with van der Waals surface area (Å²) in [6.07, 6.45) is 5.61. The van der Waals surface area contributed by atoms with E-state index in [1.807, 2.05) is 25.3 Å².